The number of nitrogens with one attached hydrogen (secondary N) is 3. The first kappa shape index (κ1) is 21.2. The van der Waals surface area contributed by atoms with Gasteiger partial charge in [-0.15, -0.1) is 0 Å². The highest BCUT2D eigenvalue weighted by Crippen LogP contribution is 2.31. The van der Waals surface area contributed by atoms with Crippen LogP contribution in [-0.2, 0) is 16.2 Å². The van der Waals surface area contributed by atoms with Crippen LogP contribution >= 0.6 is 0 Å². The molecule has 3 aromatic rings. The maximum atomic E-state index is 12.9. The van der Waals surface area contributed by atoms with Gasteiger partial charge in [-0.05, 0) is 42.5 Å². The van der Waals surface area contributed by atoms with Gasteiger partial charge in [0, 0.05) is 5.69 Å². The first-order valence-electron chi connectivity index (χ1n) is 8.57. The van der Waals surface area contributed by atoms with Crippen LogP contribution in [0.5, 0.6) is 0 Å². The largest absolute Gasteiger partial charge is 0.416 e. The van der Waals surface area contributed by atoms with Crippen LogP contribution < -0.4 is 15.4 Å². The van der Waals surface area contributed by atoms with Crippen molar-refractivity contribution in [3.63, 3.8) is 0 Å². The molecular formula is C20H16F3N3O3S. The molecule has 156 valence electrons. The smallest absolute Gasteiger partial charge is 0.308 e. The van der Waals surface area contributed by atoms with Crippen LogP contribution in [0.3, 0.4) is 0 Å². The van der Waals surface area contributed by atoms with Gasteiger partial charge in [0.25, 0.3) is 10.0 Å². The Labute approximate surface area is 170 Å². The number of amides is 2. The average Bonchev–Trinajstić information content (AvgIpc) is 2.69. The maximum Gasteiger partial charge on any atom is 0.416 e. The lowest BCUT2D eigenvalue weighted by molar-refractivity contribution is -0.137. The van der Waals surface area contributed by atoms with Crippen LogP contribution in [0.15, 0.2) is 83.8 Å². The van der Waals surface area contributed by atoms with Gasteiger partial charge >= 0.3 is 12.2 Å². The third-order valence-corrected chi connectivity index (χ3v) is 5.29. The van der Waals surface area contributed by atoms with Gasteiger partial charge in [-0.25, -0.2) is 13.2 Å². The number of carbonyl (C=O) groups is 1. The number of hydrogen-bond donors (Lipinski definition) is 3. The summed E-state index contributed by atoms with van der Waals surface area (Å²) >= 11 is 0. The van der Waals surface area contributed by atoms with E-state index in [1.54, 1.807) is 36.4 Å². The molecule has 0 aliphatic heterocycles. The van der Waals surface area contributed by atoms with E-state index in [1.807, 2.05) is 0 Å². The van der Waals surface area contributed by atoms with E-state index < -0.39 is 32.7 Å². The van der Waals surface area contributed by atoms with Gasteiger partial charge in [-0.3, -0.25) is 4.72 Å². The lowest BCUT2D eigenvalue weighted by Crippen LogP contribution is -2.21. The molecule has 2 amide bonds. The standard InChI is InChI=1S/C20H16F3N3O3S/c21-20(22,23)14-7-6-10-16(13-14)30(28,29)26-18-12-5-4-11-17(18)25-19(27)24-15-8-2-1-3-9-15/h1-13,26H,(H2,24,25,27). The zero-order valence-corrected chi connectivity index (χ0v) is 16.1. The van der Waals surface area contributed by atoms with Crippen LogP contribution in [0.2, 0.25) is 0 Å². The fraction of sp³-hybridized carbons (Fsp3) is 0.0500. The highest BCUT2D eigenvalue weighted by Gasteiger charge is 2.31. The molecule has 0 fully saturated rings. The Hall–Kier alpha value is -3.53. The van der Waals surface area contributed by atoms with E-state index in [0.717, 1.165) is 18.2 Å². The SMILES string of the molecule is O=C(Nc1ccccc1)Nc1ccccc1NS(=O)(=O)c1cccc(C(F)(F)F)c1. The number of anilines is 3. The Morgan fingerprint density at radius 1 is 0.767 bits per heavy atom. The molecule has 10 heteroatoms. The van der Waals surface area contributed by atoms with E-state index in [4.69, 9.17) is 0 Å². The van der Waals surface area contributed by atoms with Crippen molar-refractivity contribution in [1.29, 1.82) is 0 Å². The molecule has 0 aliphatic rings. The Bertz CT molecular complexity index is 1150. The van der Waals surface area contributed by atoms with E-state index in [1.165, 1.54) is 18.2 Å². The lowest BCUT2D eigenvalue weighted by atomic mass is 10.2. The van der Waals surface area contributed by atoms with Crippen molar-refractivity contribution in [2.45, 2.75) is 11.1 Å². The number of rotatable bonds is 5. The van der Waals surface area contributed by atoms with Gasteiger partial charge in [0.2, 0.25) is 0 Å². The molecule has 3 rings (SSSR count). The summed E-state index contributed by atoms with van der Waals surface area (Å²) in [6, 6.07) is 17.3. The summed E-state index contributed by atoms with van der Waals surface area (Å²) in [7, 11) is -4.33. The zero-order valence-electron chi connectivity index (χ0n) is 15.3. The maximum absolute atomic E-state index is 12.9. The number of carbonyl (C=O) groups excluding carboxylic acids is 1. The molecule has 0 spiro atoms. The average molecular weight is 435 g/mol. The minimum Gasteiger partial charge on any atom is -0.308 e. The van der Waals surface area contributed by atoms with Gasteiger partial charge in [0.05, 0.1) is 21.8 Å². The molecule has 0 aromatic heterocycles. The number of sulfonamides is 1. The number of alkyl halides is 3. The third-order valence-electron chi connectivity index (χ3n) is 3.92. The van der Waals surface area contributed by atoms with Crippen molar-refractivity contribution < 1.29 is 26.4 Å². The summed E-state index contributed by atoms with van der Waals surface area (Å²) < 4.78 is 66.1. The lowest BCUT2D eigenvalue weighted by Gasteiger charge is -2.15. The van der Waals surface area contributed by atoms with E-state index in [2.05, 4.69) is 15.4 Å². The third kappa shape index (κ3) is 5.29. The molecule has 0 atom stereocenters. The highest BCUT2D eigenvalue weighted by molar-refractivity contribution is 7.92. The summed E-state index contributed by atoms with van der Waals surface area (Å²) in [6.45, 7) is 0. The van der Waals surface area contributed by atoms with Crippen LogP contribution in [0.4, 0.5) is 35.0 Å². The molecule has 0 radical (unpaired) electrons. The van der Waals surface area contributed by atoms with E-state index in [9.17, 15) is 26.4 Å². The van der Waals surface area contributed by atoms with Gasteiger partial charge in [0.1, 0.15) is 0 Å². The van der Waals surface area contributed by atoms with Crippen LogP contribution in [0.25, 0.3) is 0 Å². The van der Waals surface area contributed by atoms with Crippen molar-refractivity contribution in [2.24, 2.45) is 0 Å². The molecule has 0 saturated heterocycles. The minimum atomic E-state index is -4.68. The second-order valence-corrected chi connectivity index (χ2v) is 7.80. The first-order chi connectivity index (χ1) is 14.1. The number of para-hydroxylation sites is 3. The molecule has 30 heavy (non-hydrogen) atoms. The topological polar surface area (TPSA) is 87.3 Å². The fourth-order valence-electron chi connectivity index (χ4n) is 2.53. The van der Waals surface area contributed by atoms with Gasteiger partial charge in [-0.2, -0.15) is 13.2 Å². The van der Waals surface area contributed by atoms with Crippen molar-refractivity contribution in [2.75, 3.05) is 15.4 Å². The number of benzene rings is 3. The number of hydrogen-bond acceptors (Lipinski definition) is 3. The molecule has 0 bridgehead atoms. The van der Waals surface area contributed by atoms with Crippen LogP contribution in [-0.4, -0.2) is 14.4 Å². The number of halogens is 3. The van der Waals surface area contributed by atoms with Crippen LogP contribution in [0.1, 0.15) is 5.56 Å². The summed E-state index contributed by atoms with van der Waals surface area (Å²) in [4.78, 5) is 11.6. The second kappa shape index (κ2) is 8.46. The summed E-state index contributed by atoms with van der Waals surface area (Å²) in [5.74, 6) is 0. The monoisotopic (exact) mass is 435 g/mol. The second-order valence-electron chi connectivity index (χ2n) is 6.12. The van der Waals surface area contributed by atoms with Gasteiger partial charge in [0.15, 0.2) is 0 Å². The molecule has 0 unspecified atom stereocenters. The molecular weight excluding hydrogens is 419 g/mol. The summed E-state index contributed by atoms with van der Waals surface area (Å²) in [5, 5.41) is 5.10. The zero-order chi connectivity index (χ0) is 21.8. The van der Waals surface area contributed by atoms with Crippen molar-refractivity contribution in [3.8, 4) is 0 Å². The highest BCUT2D eigenvalue weighted by atomic mass is 32.2. The fourth-order valence-corrected chi connectivity index (χ4v) is 3.66. The molecule has 0 heterocycles. The Kier molecular flexibility index (Phi) is 5.97. The summed E-state index contributed by atoms with van der Waals surface area (Å²) in [6.07, 6.45) is -4.68. The molecule has 0 aliphatic carbocycles. The van der Waals surface area contributed by atoms with Gasteiger partial charge < -0.3 is 10.6 Å². The first-order valence-corrected chi connectivity index (χ1v) is 10.1. The van der Waals surface area contributed by atoms with Crippen LogP contribution in [0, 0.1) is 0 Å². The minimum absolute atomic E-state index is 0.00174. The molecule has 3 N–H and O–H groups in total. The quantitative estimate of drug-likeness (QED) is 0.518. The molecule has 6 nitrogen and oxygen atoms in total. The number of urea groups is 1. The van der Waals surface area contributed by atoms with E-state index in [-0.39, 0.29) is 11.4 Å². The van der Waals surface area contributed by atoms with Gasteiger partial charge in [-0.1, -0.05) is 36.4 Å². The normalized spacial score (nSPS) is 11.6. The van der Waals surface area contributed by atoms with E-state index in [0.29, 0.717) is 11.8 Å². The Morgan fingerprint density at radius 3 is 2.07 bits per heavy atom. The summed E-state index contributed by atoms with van der Waals surface area (Å²) in [5.41, 5.74) is -0.435. The predicted molar refractivity (Wildman–Crippen MR) is 108 cm³/mol. The predicted octanol–water partition coefficient (Wildman–Crippen LogP) is 5.15. The van der Waals surface area contributed by atoms with E-state index >= 15 is 0 Å². The van der Waals surface area contributed by atoms with Crippen molar-refractivity contribution in [1.82, 2.24) is 0 Å². The van der Waals surface area contributed by atoms with Crippen molar-refractivity contribution in [3.05, 3.63) is 84.4 Å². The molecule has 3 aromatic carbocycles. The Balaban J connectivity index is 1.81. The molecule has 0 saturated carbocycles. The van der Waals surface area contributed by atoms with Crippen molar-refractivity contribution >= 4 is 33.1 Å². The Morgan fingerprint density at radius 2 is 1.40 bits per heavy atom.